The minimum absolute atomic E-state index is 0.00534. The Bertz CT molecular complexity index is 773. The summed E-state index contributed by atoms with van der Waals surface area (Å²) in [5.74, 6) is -0.562. The van der Waals surface area contributed by atoms with Gasteiger partial charge in [-0.05, 0) is 43.0 Å². The van der Waals surface area contributed by atoms with Gasteiger partial charge in [-0.2, -0.15) is 0 Å². The summed E-state index contributed by atoms with van der Waals surface area (Å²) in [6, 6.07) is 16.7. The Morgan fingerprint density at radius 2 is 1.81 bits per heavy atom. The molecule has 0 spiro atoms. The highest BCUT2D eigenvalue weighted by Gasteiger charge is 2.29. The van der Waals surface area contributed by atoms with Crippen molar-refractivity contribution in [2.45, 2.75) is 38.9 Å². The zero-order valence-corrected chi connectivity index (χ0v) is 15.8. The van der Waals surface area contributed by atoms with E-state index in [0.717, 1.165) is 11.1 Å². The third-order valence-corrected chi connectivity index (χ3v) is 4.08. The second-order valence-corrected chi connectivity index (χ2v) is 6.83. The second-order valence-electron chi connectivity index (χ2n) is 6.83. The fraction of sp³-hybridized carbons (Fsp3) is 0.333. The SMILES string of the molecule is CC(CNC(=O)OCc1ccccc1)c1cccc(OC(C)(C)C(=O)O)c1. The molecule has 0 heterocycles. The van der Waals surface area contributed by atoms with Crippen molar-refractivity contribution < 1.29 is 24.2 Å². The first-order valence-corrected chi connectivity index (χ1v) is 8.75. The fourth-order valence-electron chi connectivity index (χ4n) is 2.35. The summed E-state index contributed by atoms with van der Waals surface area (Å²) in [4.78, 5) is 23.1. The summed E-state index contributed by atoms with van der Waals surface area (Å²) in [5.41, 5.74) is 0.532. The lowest BCUT2D eigenvalue weighted by atomic mass is 10.0. The number of carboxylic acids is 1. The van der Waals surface area contributed by atoms with Crippen molar-refractivity contribution in [3.05, 3.63) is 65.7 Å². The average molecular weight is 371 g/mol. The van der Waals surface area contributed by atoms with Crippen LogP contribution in [-0.4, -0.2) is 29.3 Å². The Hall–Kier alpha value is -3.02. The Morgan fingerprint density at radius 1 is 1.11 bits per heavy atom. The molecular weight excluding hydrogens is 346 g/mol. The van der Waals surface area contributed by atoms with E-state index < -0.39 is 17.7 Å². The Kier molecular flexibility index (Phi) is 6.82. The molecule has 144 valence electrons. The first-order valence-electron chi connectivity index (χ1n) is 8.75. The number of aliphatic carboxylic acids is 1. The number of hydrogen-bond acceptors (Lipinski definition) is 4. The van der Waals surface area contributed by atoms with Crippen molar-refractivity contribution in [1.29, 1.82) is 0 Å². The molecule has 6 nitrogen and oxygen atoms in total. The van der Waals surface area contributed by atoms with Gasteiger partial charge >= 0.3 is 12.1 Å². The quantitative estimate of drug-likeness (QED) is 0.734. The first kappa shape index (κ1) is 20.3. The molecule has 0 aliphatic heterocycles. The number of amides is 1. The van der Waals surface area contributed by atoms with Gasteiger partial charge < -0.3 is 19.9 Å². The predicted octanol–water partition coefficient (Wildman–Crippen LogP) is 3.96. The minimum atomic E-state index is -1.32. The van der Waals surface area contributed by atoms with Crippen molar-refractivity contribution in [1.82, 2.24) is 5.32 Å². The molecule has 1 amide bonds. The van der Waals surface area contributed by atoms with Gasteiger partial charge in [0.2, 0.25) is 0 Å². The Labute approximate surface area is 159 Å². The first-order chi connectivity index (χ1) is 12.8. The number of carboxylic acid groups (broad SMARTS) is 1. The van der Waals surface area contributed by atoms with Crippen molar-refractivity contribution in [3.8, 4) is 5.75 Å². The lowest BCUT2D eigenvalue weighted by Gasteiger charge is -2.22. The van der Waals surface area contributed by atoms with Crippen LogP contribution in [-0.2, 0) is 16.1 Å². The topological polar surface area (TPSA) is 84.9 Å². The van der Waals surface area contributed by atoms with Crippen LogP contribution >= 0.6 is 0 Å². The molecule has 6 heteroatoms. The molecule has 0 aromatic heterocycles. The molecule has 2 rings (SSSR count). The van der Waals surface area contributed by atoms with Gasteiger partial charge in [-0.15, -0.1) is 0 Å². The van der Waals surface area contributed by atoms with E-state index in [0.29, 0.717) is 12.3 Å². The van der Waals surface area contributed by atoms with Crippen LogP contribution in [0.25, 0.3) is 0 Å². The minimum Gasteiger partial charge on any atom is -0.478 e. The third-order valence-electron chi connectivity index (χ3n) is 4.08. The number of benzene rings is 2. The van der Waals surface area contributed by atoms with E-state index in [4.69, 9.17) is 9.47 Å². The van der Waals surface area contributed by atoms with E-state index in [2.05, 4.69) is 5.32 Å². The molecule has 2 aromatic rings. The standard InChI is InChI=1S/C21H25NO5/c1-15(13-22-20(25)26-14-16-8-5-4-6-9-16)17-10-7-11-18(12-17)27-21(2,3)19(23)24/h4-12,15H,13-14H2,1-3H3,(H,22,25)(H,23,24). The van der Waals surface area contributed by atoms with Crippen LogP contribution in [0.15, 0.2) is 54.6 Å². The molecule has 0 fully saturated rings. The monoisotopic (exact) mass is 371 g/mol. The lowest BCUT2D eigenvalue weighted by molar-refractivity contribution is -0.152. The zero-order valence-electron chi connectivity index (χ0n) is 15.8. The van der Waals surface area contributed by atoms with Gasteiger partial charge in [0.1, 0.15) is 12.4 Å². The number of hydrogen-bond donors (Lipinski definition) is 2. The lowest BCUT2D eigenvalue weighted by Crippen LogP contribution is -2.37. The van der Waals surface area contributed by atoms with Crippen molar-refractivity contribution in [2.75, 3.05) is 6.54 Å². The number of rotatable bonds is 8. The molecule has 1 atom stereocenters. The summed E-state index contributed by atoms with van der Waals surface area (Å²) in [7, 11) is 0. The van der Waals surface area contributed by atoms with Crippen LogP contribution in [0.2, 0.25) is 0 Å². The number of nitrogens with one attached hydrogen (secondary N) is 1. The van der Waals surface area contributed by atoms with Gasteiger partial charge in [-0.1, -0.05) is 49.4 Å². The molecule has 1 unspecified atom stereocenters. The van der Waals surface area contributed by atoms with Crippen LogP contribution in [0, 0.1) is 0 Å². The summed E-state index contributed by atoms with van der Waals surface area (Å²) in [5, 5.41) is 11.9. The maximum atomic E-state index is 11.9. The number of ether oxygens (including phenoxy) is 2. The third kappa shape index (κ3) is 6.33. The largest absolute Gasteiger partial charge is 0.478 e. The molecule has 0 radical (unpaired) electrons. The molecule has 27 heavy (non-hydrogen) atoms. The predicted molar refractivity (Wildman–Crippen MR) is 102 cm³/mol. The fourth-order valence-corrected chi connectivity index (χ4v) is 2.35. The number of carbonyl (C=O) groups excluding carboxylic acids is 1. The molecule has 2 aromatic carbocycles. The normalized spacial score (nSPS) is 12.1. The van der Waals surface area contributed by atoms with Crippen molar-refractivity contribution in [3.63, 3.8) is 0 Å². The maximum Gasteiger partial charge on any atom is 0.407 e. The maximum absolute atomic E-state index is 11.9. The van der Waals surface area contributed by atoms with Crippen molar-refractivity contribution >= 4 is 12.1 Å². The molecular formula is C21H25NO5. The summed E-state index contributed by atoms with van der Waals surface area (Å²) in [6.07, 6.45) is -0.481. The van der Waals surface area contributed by atoms with Crippen LogP contribution < -0.4 is 10.1 Å². The van der Waals surface area contributed by atoms with Crippen molar-refractivity contribution in [2.24, 2.45) is 0 Å². The van der Waals surface area contributed by atoms with Crippen LogP contribution in [0.3, 0.4) is 0 Å². The molecule has 0 aliphatic carbocycles. The van der Waals surface area contributed by atoms with E-state index in [9.17, 15) is 14.7 Å². The van der Waals surface area contributed by atoms with E-state index in [1.54, 1.807) is 18.2 Å². The van der Waals surface area contributed by atoms with E-state index in [-0.39, 0.29) is 12.5 Å². The van der Waals surface area contributed by atoms with Crippen LogP contribution in [0.5, 0.6) is 5.75 Å². The van der Waals surface area contributed by atoms with E-state index >= 15 is 0 Å². The summed E-state index contributed by atoms with van der Waals surface area (Å²) < 4.78 is 10.7. The molecule has 0 saturated carbocycles. The molecule has 2 N–H and O–H groups in total. The van der Waals surface area contributed by atoms with Gasteiger partial charge in [0.15, 0.2) is 5.60 Å². The highest BCUT2D eigenvalue weighted by Crippen LogP contribution is 2.24. The van der Waals surface area contributed by atoms with Gasteiger partial charge in [0, 0.05) is 6.54 Å². The molecule has 0 bridgehead atoms. The molecule has 0 saturated heterocycles. The van der Waals surface area contributed by atoms with Gasteiger partial charge in [0.25, 0.3) is 0 Å². The Morgan fingerprint density at radius 3 is 2.48 bits per heavy atom. The van der Waals surface area contributed by atoms with E-state index in [1.807, 2.05) is 43.3 Å². The smallest absolute Gasteiger partial charge is 0.407 e. The van der Waals surface area contributed by atoms with Gasteiger partial charge in [0.05, 0.1) is 0 Å². The van der Waals surface area contributed by atoms with Gasteiger partial charge in [-0.3, -0.25) is 0 Å². The van der Waals surface area contributed by atoms with E-state index in [1.165, 1.54) is 13.8 Å². The highest BCUT2D eigenvalue weighted by molar-refractivity contribution is 5.76. The second kappa shape index (κ2) is 9.07. The average Bonchev–Trinajstić information content (AvgIpc) is 2.65. The number of alkyl carbamates (subject to hydrolysis) is 1. The Balaban J connectivity index is 1.86. The van der Waals surface area contributed by atoms with Crippen LogP contribution in [0.1, 0.15) is 37.8 Å². The molecule has 0 aliphatic rings. The zero-order chi connectivity index (χ0) is 19.9. The highest BCUT2D eigenvalue weighted by atomic mass is 16.5. The summed E-state index contributed by atoms with van der Waals surface area (Å²) >= 11 is 0. The number of carbonyl (C=O) groups is 2. The summed E-state index contributed by atoms with van der Waals surface area (Å²) in [6.45, 7) is 5.55. The van der Waals surface area contributed by atoms with Gasteiger partial charge in [-0.25, -0.2) is 9.59 Å². The van der Waals surface area contributed by atoms with Crippen LogP contribution in [0.4, 0.5) is 4.79 Å².